The second kappa shape index (κ2) is 12.0. The van der Waals surface area contributed by atoms with Gasteiger partial charge in [-0.25, -0.2) is 10.2 Å². The van der Waals surface area contributed by atoms with E-state index in [1.807, 2.05) is 36.4 Å². The SMILES string of the molecule is CCCc1ccc(OCC(=O)N/N=C\c2ccc(OC(=O)c3ccccc3I)cc2)cc1. The van der Waals surface area contributed by atoms with Crippen LogP contribution in [0.1, 0.15) is 34.8 Å². The zero-order chi connectivity index (χ0) is 22.8. The molecule has 0 fully saturated rings. The van der Waals surface area contributed by atoms with Crippen LogP contribution in [0.3, 0.4) is 0 Å². The Labute approximate surface area is 200 Å². The molecule has 3 rings (SSSR count). The van der Waals surface area contributed by atoms with Gasteiger partial charge in [-0.3, -0.25) is 4.79 Å². The first-order valence-corrected chi connectivity index (χ1v) is 11.2. The monoisotopic (exact) mass is 542 g/mol. The summed E-state index contributed by atoms with van der Waals surface area (Å²) in [6, 6.07) is 21.7. The molecule has 0 aliphatic heterocycles. The Kier molecular flexibility index (Phi) is 8.79. The quantitative estimate of drug-likeness (QED) is 0.136. The van der Waals surface area contributed by atoms with Crippen molar-refractivity contribution in [1.82, 2.24) is 5.43 Å². The number of rotatable bonds is 9. The van der Waals surface area contributed by atoms with E-state index in [-0.39, 0.29) is 12.5 Å². The van der Waals surface area contributed by atoms with Crippen LogP contribution in [0.5, 0.6) is 11.5 Å². The number of benzene rings is 3. The smallest absolute Gasteiger partial charge is 0.344 e. The minimum Gasteiger partial charge on any atom is -0.484 e. The highest BCUT2D eigenvalue weighted by Crippen LogP contribution is 2.17. The molecule has 0 radical (unpaired) electrons. The summed E-state index contributed by atoms with van der Waals surface area (Å²) in [6.45, 7) is 2.00. The van der Waals surface area contributed by atoms with E-state index in [4.69, 9.17) is 9.47 Å². The van der Waals surface area contributed by atoms with Crippen LogP contribution in [0.25, 0.3) is 0 Å². The van der Waals surface area contributed by atoms with Gasteiger partial charge >= 0.3 is 5.97 Å². The third-order valence-corrected chi connectivity index (χ3v) is 5.36. The Balaban J connectivity index is 1.44. The third-order valence-electron chi connectivity index (χ3n) is 4.42. The summed E-state index contributed by atoms with van der Waals surface area (Å²) in [5.41, 5.74) is 4.92. The molecule has 3 aromatic carbocycles. The van der Waals surface area contributed by atoms with E-state index in [1.54, 1.807) is 36.4 Å². The molecular formula is C25H23IN2O4. The van der Waals surface area contributed by atoms with E-state index < -0.39 is 5.97 Å². The molecule has 3 aromatic rings. The van der Waals surface area contributed by atoms with Gasteiger partial charge in [0.15, 0.2) is 6.61 Å². The number of ether oxygens (including phenoxy) is 2. The Bertz CT molecular complexity index is 1080. The van der Waals surface area contributed by atoms with Crippen LogP contribution < -0.4 is 14.9 Å². The molecule has 1 amide bonds. The number of hydrazone groups is 1. The van der Waals surface area contributed by atoms with Crippen molar-refractivity contribution in [2.24, 2.45) is 5.10 Å². The summed E-state index contributed by atoms with van der Waals surface area (Å²) in [4.78, 5) is 24.2. The van der Waals surface area contributed by atoms with Crippen LogP contribution in [0, 0.1) is 3.57 Å². The maximum atomic E-state index is 12.3. The Hall–Kier alpha value is -3.20. The average Bonchev–Trinajstić information content (AvgIpc) is 2.80. The fourth-order valence-electron chi connectivity index (χ4n) is 2.81. The molecule has 0 unspecified atom stereocenters. The van der Waals surface area contributed by atoms with Crippen molar-refractivity contribution in [3.8, 4) is 11.5 Å². The predicted molar refractivity (Wildman–Crippen MR) is 132 cm³/mol. The van der Waals surface area contributed by atoms with Crippen LogP contribution in [-0.2, 0) is 11.2 Å². The van der Waals surface area contributed by atoms with Gasteiger partial charge in [0.05, 0.1) is 11.8 Å². The van der Waals surface area contributed by atoms with Gasteiger partial charge in [0.25, 0.3) is 5.91 Å². The zero-order valence-electron chi connectivity index (χ0n) is 17.6. The topological polar surface area (TPSA) is 77.0 Å². The number of halogens is 1. The summed E-state index contributed by atoms with van der Waals surface area (Å²) in [6.07, 6.45) is 3.61. The zero-order valence-corrected chi connectivity index (χ0v) is 19.7. The van der Waals surface area contributed by atoms with Gasteiger partial charge in [-0.2, -0.15) is 5.10 Å². The van der Waals surface area contributed by atoms with E-state index in [9.17, 15) is 9.59 Å². The first kappa shape index (κ1) is 23.5. The van der Waals surface area contributed by atoms with Gasteiger partial charge in [0.1, 0.15) is 11.5 Å². The van der Waals surface area contributed by atoms with Crippen molar-refractivity contribution in [1.29, 1.82) is 0 Å². The van der Waals surface area contributed by atoms with Gasteiger partial charge < -0.3 is 9.47 Å². The summed E-state index contributed by atoms with van der Waals surface area (Å²) in [7, 11) is 0. The van der Waals surface area contributed by atoms with Crippen molar-refractivity contribution in [3.05, 3.63) is 93.1 Å². The maximum absolute atomic E-state index is 12.3. The summed E-state index contributed by atoms with van der Waals surface area (Å²) >= 11 is 2.10. The Morgan fingerprint density at radius 2 is 1.66 bits per heavy atom. The predicted octanol–water partition coefficient (Wildman–Crippen LogP) is 4.99. The van der Waals surface area contributed by atoms with Crippen molar-refractivity contribution >= 4 is 40.7 Å². The third kappa shape index (κ3) is 7.19. The molecule has 164 valence electrons. The van der Waals surface area contributed by atoms with Crippen molar-refractivity contribution in [2.75, 3.05) is 6.61 Å². The number of carbonyl (C=O) groups excluding carboxylic acids is 2. The molecule has 0 bridgehead atoms. The molecule has 0 saturated heterocycles. The van der Waals surface area contributed by atoms with Crippen LogP contribution in [-0.4, -0.2) is 24.7 Å². The molecule has 7 heteroatoms. The van der Waals surface area contributed by atoms with Crippen LogP contribution in [0.4, 0.5) is 0 Å². The van der Waals surface area contributed by atoms with E-state index in [1.165, 1.54) is 11.8 Å². The average molecular weight is 542 g/mol. The highest BCUT2D eigenvalue weighted by molar-refractivity contribution is 14.1. The molecule has 32 heavy (non-hydrogen) atoms. The molecule has 1 N–H and O–H groups in total. The number of nitrogens with zero attached hydrogens (tertiary/aromatic N) is 1. The van der Waals surface area contributed by atoms with Crippen molar-refractivity contribution in [2.45, 2.75) is 19.8 Å². The number of amides is 1. The summed E-state index contributed by atoms with van der Waals surface area (Å²) in [5.74, 6) is 0.291. The molecule has 0 aliphatic rings. The molecule has 0 atom stereocenters. The molecule has 0 aromatic heterocycles. The molecule has 6 nitrogen and oxygen atoms in total. The highest BCUT2D eigenvalue weighted by Gasteiger charge is 2.11. The van der Waals surface area contributed by atoms with Crippen molar-refractivity contribution < 1.29 is 19.1 Å². The summed E-state index contributed by atoms with van der Waals surface area (Å²) < 4.78 is 11.7. The number of esters is 1. The maximum Gasteiger partial charge on any atom is 0.344 e. The fourth-order valence-corrected chi connectivity index (χ4v) is 3.42. The standard InChI is InChI=1S/C25H23IN2O4/c1-2-5-18-8-12-20(13-9-18)31-17-24(29)28-27-16-19-10-14-21(15-11-19)32-25(30)22-6-3-4-7-23(22)26/h3-4,6-16H,2,5,17H2,1H3,(H,28,29)/b27-16-. The second-order valence-electron chi connectivity index (χ2n) is 6.91. The number of aryl methyl sites for hydroxylation is 1. The van der Waals surface area contributed by atoms with E-state index in [0.717, 1.165) is 22.0 Å². The Morgan fingerprint density at radius 1 is 0.969 bits per heavy atom. The number of hydrogen-bond acceptors (Lipinski definition) is 5. The molecule has 0 spiro atoms. The lowest BCUT2D eigenvalue weighted by atomic mass is 10.1. The molecule has 0 aliphatic carbocycles. The lowest BCUT2D eigenvalue weighted by Crippen LogP contribution is -2.24. The Morgan fingerprint density at radius 3 is 2.34 bits per heavy atom. The first-order chi connectivity index (χ1) is 15.5. The van der Waals surface area contributed by atoms with Gasteiger partial charge in [0.2, 0.25) is 0 Å². The lowest BCUT2D eigenvalue weighted by Gasteiger charge is -2.06. The lowest BCUT2D eigenvalue weighted by molar-refractivity contribution is -0.123. The first-order valence-electron chi connectivity index (χ1n) is 10.2. The number of hydrogen-bond donors (Lipinski definition) is 1. The number of nitrogens with one attached hydrogen (secondary N) is 1. The molecule has 0 heterocycles. The normalized spacial score (nSPS) is 10.7. The molecular weight excluding hydrogens is 519 g/mol. The van der Waals surface area contributed by atoms with Gasteiger partial charge in [-0.1, -0.05) is 37.6 Å². The van der Waals surface area contributed by atoms with Crippen LogP contribution in [0.15, 0.2) is 77.9 Å². The van der Waals surface area contributed by atoms with Gasteiger partial charge in [0, 0.05) is 3.57 Å². The largest absolute Gasteiger partial charge is 0.484 e. The van der Waals surface area contributed by atoms with Gasteiger partial charge in [-0.15, -0.1) is 0 Å². The van der Waals surface area contributed by atoms with Crippen LogP contribution >= 0.6 is 22.6 Å². The minimum atomic E-state index is -0.413. The van der Waals surface area contributed by atoms with E-state index >= 15 is 0 Å². The highest BCUT2D eigenvalue weighted by atomic mass is 127. The van der Waals surface area contributed by atoms with Crippen LogP contribution in [0.2, 0.25) is 0 Å². The number of carbonyl (C=O) groups is 2. The summed E-state index contributed by atoms with van der Waals surface area (Å²) in [5, 5.41) is 3.93. The van der Waals surface area contributed by atoms with E-state index in [2.05, 4.69) is 40.0 Å². The van der Waals surface area contributed by atoms with Gasteiger partial charge in [-0.05, 0) is 88.7 Å². The second-order valence-corrected chi connectivity index (χ2v) is 8.08. The van der Waals surface area contributed by atoms with Crippen molar-refractivity contribution in [3.63, 3.8) is 0 Å². The van der Waals surface area contributed by atoms with E-state index in [0.29, 0.717) is 17.1 Å². The fraction of sp³-hybridized carbons (Fsp3) is 0.160. The molecule has 0 saturated carbocycles. The minimum absolute atomic E-state index is 0.127.